The zero-order chi connectivity index (χ0) is 10.1. The number of H-pyrrole nitrogens is 1. The number of aromatic nitrogens is 2. The number of fused-ring (bicyclic) bond motifs is 1. The van der Waals surface area contributed by atoms with Gasteiger partial charge in [0.05, 0.1) is 17.2 Å². The van der Waals surface area contributed by atoms with Crippen molar-refractivity contribution in [2.75, 3.05) is 0 Å². The molecule has 0 fully saturated rings. The maximum Gasteiger partial charge on any atom is 0.258 e. The fourth-order valence-electron chi connectivity index (χ4n) is 1.44. The average molecular weight is 188 g/mol. The van der Waals surface area contributed by atoms with Crippen LogP contribution >= 0.6 is 0 Å². The predicted octanol–water partition coefficient (Wildman–Crippen LogP) is 2.05. The van der Waals surface area contributed by atoms with Crippen molar-refractivity contribution in [3.05, 3.63) is 40.4 Å². The average Bonchev–Trinajstić information content (AvgIpc) is 2.17. The third-order valence-corrected chi connectivity index (χ3v) is 2.33. The van der Waals surface area contributed by atoms with E-state index in [-0.39, 0.29) is 5.56 Å². The molecule has 0 atom stereocenters. The Kier molecular flexibility index (Phi) is 2.08. The summed E-state index contributed by atoms with van der Waals surface area (Å²) in [4.78, 5) is 18.1. The normalized spacial score (nSPS) is 11.1. The molecule has 0 amide bonds. The molecular formula is C11H12N2O. The molecule has 3 heteroatoms. The Morgan fingerprint density at radius 2 is 2.14 bits per heavy atom. The molecule has 0 spiro atoms. The van der Waals surface area contributed by atoms with Crippen LogP contribution in [0.15, 0.2) is 29.3 Å². The van der Waals surface area contributed by atoms with Gasteiger partial charge in [0.15, 0.2) is 0 Å². The predicted molar refractivity (Wildman–Crippen MR) is 56.5 cm³/mol. The highest BCUT2D eigenvalue weighted by atomic mass is 16.1. The van der Waals surface area contributed by atoms with Gasteiger partial charge in [-0.3, -0.25) is 4.79 Å². The minimum atomic E-state index is -0.0784. The zero-order valence-electron chi connectivity index (χ0n) is 8.24. The van der Waals surface area contributed by atoms with E-state index in [2.05, 4.69) is 23.8 Å². The molecule has 3 nitrogen and oxygen atoms in total. The maximum atomic E-state index is 11.4. The summed E-state index contributed by atoms with van der Waals surface area (Å²) in [6.45, 7) is 4.24. The van der Waals surface area contributed by atoms with Crippen molar-refractivity contribution in [1.29, 1.82) is 0 Å². The molecule has 0 aliphatic rings. The lowest BCUT2D eigenvalue weighted by atomic mass is 10.0. The van der Waals surface area contributed by atoms with Gasteiger partial charge in [0.25, 0.3) is 5.56 Å². The summed E-state index contributed by atoms with van der Waals surface area (Å²) in [7, 11) is 0. The Hall–Kier alpha value is -1.64. The van der Waals surface area contributed by atoms with Gasteiger partial charge in [0, 0.05) is 0 Å². The quantitative estimate of drug-likeness (QED) is 0.744. The maximum absolute atomic E-state index is 11.4. The van der Waals surface area contributed by atoms with Gasteiger partial charge in [0.2, 0.25) is 0 Å². The molecule has 0 saturated heterocycles. The molecule has 1 N–H and O–H groups in total. The summed E-state index contributed by atoms with van der Waals surface area (Å²) in [6, 6.07) is 5.77. The molecular weight excluding hydrogens is 176 g/mol. The highest BCUT2D eigenvalue weighted by Crippen LogP contribution is 2.17. The number of hydrogen-bond acceptors (Lipinski definition) is 2. The fraction of sp³-hybridized carbons (Fsp3) is 0.273. The van der Waals surface area contributed by atoms with Gasteiger partial charge in [-0.05, 0) is 23.6 Å². The molecule has 0 aliphatic carbocycles. The van der Waals surface area contributed by atoms with Crippen molar-refractivity contribution < 1.29 is 0 Å². The van der Waals surface area contributed by atoms with E-state index < -0.39 is 0 Å². The van der Waals surface area contributed by atoms with Gasteiger partial charge < -0.3 is 4.98 Å². The lowest BCUT2D eigenvalue weighted by molar-refractivity contribution is 0.868. The molecule has 14 heavy (non-hydrogen) atoms. The Balaban J connectivity index is 2.74. The van der Waals surface area contributed by atoms with Gasteiger partial charge in [-0.2, -0.15) is 0 Å². The summed E-state index contributed by atoms with van der Waals surface area (Å²) < 4.78 is 0. The number of hydrogen-bond donors (Lipinski definition) is 1. The SMILES string of the molecule is CC(C)c1ccc2c(=O)[nH]cnc2c1. The van der Waals surface area contributed by atoms with Crippen LogP contribution in [0, 0.1) is 0 Å². The highest BCUT2D eigenvalue weighted by molar-refractivity contribution is 5.77. The lowest BCUT2D eigenvalue weighted by Gasteiger charge is -2.05. The van der Waals surface area contributed by atoms with Gasteiger partial charge in [0.1, 0.15) is 0 Å². The van der Waals surface area contributed by atoms with E-state index in [9.17, 15) is 4.79 Å². The fourth-order valence-corrected chi connectivity index (χ4v) is 1.44. The molecule has 0 radical (unpaired) electrons. The second-order valence-corrected chi connectivity index (χ2v) is 3.66. The molecule has 1 aromatic heterocycles. The van der Waals surface area contributed by atoms with Gasteiger partial charge >= 0.3 is 0 Å². The lowest BCUT2D eigenvalue weighted by Crippen LogP contribution is -2.06. The smallest absolute Gasteiger partial charge is 0.258 e. The first kappa shape index (κ1) is 8.94. The first-order chi connectivity index (χ1) is 6.68. The first-order valence-corrected chi connectivity index (χ1v) is 4.66. The summed E-state index contributed by atoms with van der Waals surface area (Å²) in [5.74, 6) is 0.459. The Morgan fingerprint density at radius 3 is 2.86 bits per heavy atom. The van der Waals surface area contributed by atoms with Crippen LogP contribution in [0.2, 0.25) is 0 Å². The molecule has 1 heterocycles. The van der Waals surface area contributed by atoms with E-state index in [0.29, 0.717) is 11.3 Å². The van der Waals surface area contributed by atoms with Crippen LogP contribution in [-0.2, 0) is 0 Å². The van der Waals surface area contributed by atoms with E-state index in [1.165, 1.54) is 11.9 Å². The second kappa shape index (κ2) is 3.25. The van der Waals surface area contributed by atoms with Crippen LogP contribution in [0.25, 0.3) is 10.9 Å². The molecule has 0 saturated carbocycles. The van der Waals surface area contributed by atoms with Gasteiger partial charge in [-0.25, -0.2) is 4.98 Å². The second-order valence-electron chi connectivity index (χ2n) is 3.66. The van der Waals surface area contributed by atoms with Crippen LogP contribution < -0.4 is 5.56 Å². The first-order valence-electron chi connectivity index (χ1n) is 4.66. The number of rotatable bonds is 1. The summed E-state index contributed by atoms with van der Waals surface area (Å²) in [6.07, 6.45) is 1.44. The van der Waals surface area contributed by atoms with Crippen molar-refractivity contribution in [2.24, 2.45) is 0 Å². The number of nitrogens with zero attached hydrogens (tertiary/aromatic N) is 1. The van der Waals surface area contributed by atoms with Crippen molar-refractivity contribution in [1.82, 2.24) is 9.97 Å². The minimum Gasteiger partial charge on any atom is -0.313 e. The van der Waals surface area contributed by atoms with E-state index in [1.54, 1.807) is 0 Å². The van der Waals surface area contributed by atoms with Crippen molar-refractivity contribution in [3.63, 3.8) is 0 Å². The number of nitrogens with one attached hydrogen (secondary N) is 1. The van der Waals surface area contributed by atoms with Crippen molar-refractivity contribution in [2.45, 2.75) is 19.8 Å². The summed E-state index contributed by atoms with van der Waals surface area (Å²) in [5.41, 5.74) is 1.89. The van der Waals surface area contributed by atoms with Crippen molar-refractivity contribution in [3.8, 4) is 0 Å². The van der Waals surface area contributed by atoms with Gasteiger partial charge in [-0.15, -0.1) is 0 Å². The van der Waals surface area contributed by atoms with Crippen LogP contribution in [0.5, 0.6) is 0 Å². The highest BCUT2D eigenvalue weighted by Gasteiger charge is 2.02. The molecule has 1 aromatic carbocycles. The molecule has 0 unspecified atom stereocenters. The molecule has 2 aromatic rings. The van der Waals surface area contributed by atoms with E-state index in [1.807, 2.05) is 18.2 Å². The largest absolute Gasteiger partial charge is 0.313 e. The topological polar surface area (TPSA) is 45.8 Å². The number of aromatic amines is 1. The van der Waals surface area contributed by atoms with E-state index in [0.717, 1.165) is 5.52 Å². The number of benzene rings is 1. The molecule has 72 valence electrons. The Bertz CT molecular complexity index is 514. The van der Waals surface area contributed by atoms with E-state index >= 15 is 0 Å². The van der Waals surface area contributed by atoms with Crippen LogP contribution in [0.3, 0.4) is 0 Å². The van der Waals surface area contributed by atoms with Crippen LogP contribution in [0.1, 0.15) is 25.3 Å². The van der Waals surface area contributed by atoms with Gasteiger partial charge in [-0.1, -0.05) is 19.9 Å². The van der Waals surface area contributed by atoms with E-state index in [4.69, 9.17) is 0 Å². The standard InChI is InChI=1S/C11H12N2O/c1-7(2)8-3-4-9-10(5-8)12-6-13-11(9)14/h3-7H,1-2H3,(H,12,13,14). The minimum absolute atomic E-state index is 0.0784. The summed E-state index contributed by atoms with van der Waals surface area (Å²) >= 11 is 0. The van der Waals surface area contributed by atoms with Crippen LogP contribution in [-0.4, -0.2) is 9.97 Å². The third-order valence-electron chi connectivity index (χ3n) is 2.33. The summed E-state index contributed by atoms with van der Waals surface area (Å²) in [5, 5.41) is 0.650. The zero-order valence-corrected chi connectivity index (χ0v) is 8.24. The Labute approximate surface area is 81.8 Å². The molecule has 0 aliphatic heterocycles. The third kappa shape index (κ3) is 1.41. The van der Waals surface area contributed by atoms with Crippen molar-refractivity contribution >= 4 is 10.9 Å². The van der Waals surface area contributed by atoms with Crippen LogP contribution in [0.4, 0.5) is 0 Å². The molecule has 2 rings (SSSR count). The molecule has 0 bridgehead atoms. The Morgan fingerprint density at radius 1 is 1.36 bits per heavy atom. The monoisotopic (exact) mass is 188 g/mol.